The minimum atomic E-state index is -4.39. The molecule has 3 N–H and O–H groups in total. The van der Waals surface area contributed by atoms with E-state index in [9.17, 15) is 31.5 Å². The number of hydrogen-bond donors (Lipinski definition) is 2. The zero-order valence-corrected chi connectivity index (χ0v) is 25.3. The summed E-state index contributed by atoms with van der Waals surface area (Å²) >= 11 is 0. The Bertz CT molecular complexity index is 1540. The number of rotatable bonds is 3. The number of halogens is 5. The smallest absolute Gasteiger partial charge is 0.413 e. The Hall–Kier alpha value is -4.14. The molecule has 1 unspecified atom stereocenters. The number of hydrogen-bond acceptors (Lipinski definition) is 7. The van der Waals surface area contributed by atoms with Gasteiger partial charge in [0.2, 0.25) is 6.41 Å². The molecule has 0 radical (unpaired) electrons. The number of aryl methyl sites for hydroxylation is 1. The predicted octanol–water partition coefficient (Wildman–Crippen LogP) is 5.53. The minimum absolute atomic E-state index is 0.00632. The molecule has 248 valence electrons. The summed E-state index contributed by atoms with van der Waals surface area (Å²) in [6, 6.07) is 3.74. The van der Waals surface area contributed by atoms with Crippen LogP contribution in [0.5, 0.6) is 0 Å². The standard InChI is InChI=1S/C18H18F5N3.C12H13N3O3.CH5N/c19-13-6-2-1-5-12(15(13)20)11-4-3-7-14-24-25-16(26(14)10-11)17(8-9-17)18(21,22)23;16-8-15-6-3-12(4-7-15)9-2-1-5-13-10(9)14-11(17)18-12;1-2/h1-2,5,11H,3-4,6-10H2;1-2,5,8H,3-4,6-7H2,(H,13,14,17);2H2,1H3. The van der Waals surface area contributed by atoms with Crippen LogP contribution in [0.15, 0.2) is 53.8 Å². The number of aromatic nitrogens is 4. The summed E-state index contributed by atoms with van der Waals surface area (Å²) in [5.74, 6) is -1.17. The van der Waals surface area contributed by atoms with Crippen molar-refractivity contribution in [3.8, 4) is 0 Å². The Labute approximate surface area is 262 Å². The quantitative estimate of drug-likeness (QED) is 0.331. The van der Waals surface area contributed by atoms with Crippen LogP contribution in [-0.2, 0) is 33.5 Å². The van der Waals surface area contributed by atoms with E-state index in [1.165, 1.54) is 23.8 Å². The Kier molecular flexibility index (Phi) is 9.61. The summed E-state index contributed by atoms with van der Waals surface area (Å²) in [5, 5.41) is 10.4. The van der Waals surface area contributed by atoms with Crippen LogP contribution in [0.3, 0.4) is 0 Å². The number of carbonyl (C=O) groups is 2. The van der Waals surface area contributed by atoms with E-state index in [1.54, 1.807) is 17.2 Å². The normalized spacial score (nSPS) is 22.7. The maximum atomic E-state index is 14.4. The molecule has 7 rings (SSSR count). The molecule has 2 aromatic heterocycles. The SMILES string of the molecule is CN.FC1=C(F)C(C2CCCc3nnc(C4(C(F)(F)F)CC4)n3C2)=CC=CC1.O=CN1CCC2(CC1)OC(=O)Nc1ncccc12. The second kappa shape index (κ2) is 13.3. The van der Waals surface area contributed by atoms with Crippen LogP contribution in [0.4, 0.5) is 32.6 Å². The molecule has 3 aliphatic heterocycles. The van der Waals surface area contributed by atoms with Crippen molar-refractivity contribution in [1.29, 1.82) is 0 Å². The molecule has 10 nitrogen and oxygen atoms in total. The van der Waals surface area contributed by atoms with Crippen LogP contribution in [0.25, 0.3) is 0 Å². The lowest BCUT2D eigenvalue weighted by Crippen LogP contribution is -2.48. The molecular formula is C31H36F5N7O3. The van der Waals surface area contributed by atoms with Gasteiger partial charge in [0.15, 0.2) is 5.83 Å². The first kappa shape index (κ1) is 33.2. The maximum absolute atomic E-state index is 14.4. The lowest BCUT2D eigenvalue weighted by Gasteiger charge is -2.42. The number of piperidine rings is 1. The Balaban J connectivity index is 0.000000182. The van der Waals surface area contributed by atoms with Gasteiger partial charge in [-0.3, -0.25) is 10.1 Å². The van der Waals surface area contributed by atoms with Crippen LogP contribution < -0.4 is 11.1 Å². The highest BCUT2D eigenvalue weighted by Gasteiger charge is 2.67. The third-order valence-corrected chi connectivity index (χ3v) is 9.11. The van der Waals surface area contributed by atoms with E-state index < -0.39 is 40.9 Å². The molecule has 1 saturated heterocycles. The fraction of sp³-hybridized carbons (Fsp3) is 0.516. The van der Waals surface area contributed by atoms with Crippen molar-refractivity contribution in [2.24, 2.45) is 11.7 Å². The monoisotopic (exact) mass is 649 g/mol. The van der Waals surface area contributed by atoms with Crippen molar-refractivity contribution in [3.63, 3.8) is 0 Å². The lowest BCUT2D eigenvalue weighted by atomic mass is 9.83. The van der Waals surface area contributed by atoms with Crippen molar-refractivity contribution in [1.82, 2.24) is 24.6 Å². The molecule has 1 atom stereocenters. The number of anilines is 1. The number of allylic oxidation sites excluding steroid dienone is 6. The number of likely N-dealkylation sites (tertiary alicyclic amines) is 1. The number of amides is 2. The molecule has 1 spiro atoms. The number of pyridine rings is 1. The summed E-state index contributed by atoms with van der Waals surface area (Å²) < 4.78 is 75.9. The molecule has 2 amide bonds. The molecule has 2 aliphatic carbocycles. The second-order valence-electron chi connectivity index (χ2n) is 11.7. The van der Waals surface area contributed by atoms with Crippen molar-refractivity contribution in [3.05, 3.63) is 71.0 Å². The van der Waals surface area contributed by atoms with Gasteiger partial charge >= 0.3 is 12.3 Å². The fourth-order valence-electron chi connectivity index (χ4n) is 6.46. The zero-order chi connectivity index (χ0) is 33.1. The molecule has 46 heavy (non-hydrogen) atoms. The summed E-state index contributed by atoms with van der Waals surface area (Å²) in [7, 11) is 1.50. The van der Waals surface area contributed by atoms with E-state index in [2.05, 4.69) is 26.2 Å². The van der Waals surface area contributed by atoms with Gasteiger partial charge in [-0.15, -0.1) is 10.2 Å². The average molecular weight is 650 g/mol. The van der Waals surface area contributed by atoms with Gasteiger partial charge in [-0.2, -0.15) is 13.2 Å². The molecule has 2 aromatic rings. The van der Waals surface area contributed by atoms with Gasteiger partial charge in [0.25, 0.3) is 0 Å². The van der Waals surface area contributed by atoms with Crippen molar-refractivity contribution in [2.45, 2.75) is 75.1 Å². The van der Waals surface area contributed by atoms with Crippen LogP contribution in [0.2, 0.25) is 0 Å². The van der Waals surface area contributed by atoms with E-state index >= 15 is 0 Å². The molecule has 1 saturated carbocycles. The number of carbonyl (C=O) groups excluding carboxylic acids is 2. The van der Waals surface area contributed by atoms with Crippen molar-refractivity contribution >= 4 is 18.3 Å². The van der Waals surface area contributed by atoms with Crippen LogP contribution in [0, 0.1) is 5.92 Å². The first-order valence-corrected chi connectivity index (χ1v) is 15.2. The molecule has 0 aromatic carbocycles. The highest BCUT2D eigenvalue weighted by atomic mass is 19.4. The van der Waals surface area contributed by atoms with E-state index in [0.717, 1.165) is 12.0 Å². The first-order valence-electron chi connectivity index (χ1n) is 15.2. The minimum Gasteiger partial charge on any atom is -0.437 e. The highest BCUT2D eigenvalue weighted by Crippen LogP contribution is 2.58. The van der Waals surface area contributed by atoms with Crippen LogP contribution >= 0.6 is 0 Å². The molecular weight excluding hydrogens is 613 g/mol. The van der Waals surface area contributed by atoms with E-state index in [4.69, 9.17) is 4.74 Å². The van der Waals surface area contributed by atoms with Gasteiger partial charge in [0, 0.05) is 63.0 Å². The summed E-state index contributed by atoms with van der Waals surface area (Å²) in [6.07, 6.45) is 5.03. The maximum Gasteiger partial charge on any atom is 0.413 e. The van der Waals surface area contributed by atoms with E-state index in [1.807, 2.05) is 12.1 Å². The predicted molar refractivity (Wildman–Crippen MR) is 158 cm³/mol. The third kappa shape index (κ3) is 6.29. The number of fused-ring (bicyclic) bond motifs is 3. The molecule has 15 heteroatoms. The van der Waals surface area contributed by atoms with Crippen LogP contribution in [-0.4, -0.2) is 63.5 Å². The molecule has 0 bridgehead atoms. The lowest BCUT2D eigenvalue weighted by molar-refractivity contribution is -0.163. The zero-order valence-electron chi connectivity index (χ0n) is 25.3. The van der Waals surface area contributed by atoms with Gasteiger partial charge in [0.05, 0.1) is 0 Å². The number of ether oxygens (including phenoxy) is 1. The summed E-state index contributed by atoms with van der Waals surface area (Å²) in [4.78, 5) is 28.2. The molecule has 2 fully saturated rings. The largest absolute Gasteiger partial charge is 0.437 e. The summed E-state index contributed by atoms with van der Waals surface area (Å²) in [6.45, 7) is 1.31. The van der Waals surface area contributed by atoms with E-state index in [-0.39, 0.29) is 37.2 Å². The van der Waals surface area contributed by atoms with Crippen molar-refractivity contribution < 1.29 is 36.3 Å². The Morgan fingerprint density at radius 2 is 1.87 bits per heavy atom. The average Bonchev–Trinajstić information content (AvgIpc) is 3.84. The number of nitrogens with two attached hydrogens (primary N) is 1. The molecule has 5 aliphatic rings. The Morgan fingerprint density at radius 1 is 1.13 bits per heavy atom. The topological polar surface area (TPSA) is 128 Å². The van der Waals surface area contributed by atoms with Gasteiger partial charge < -0.3 is 19.9 Å². The summed E-state index contributed by atoms with van der Waals surface area (Å²) in [5.41, 5.74) is 3.03. The number of nitrogens with one attached hydrogen (secondary N) is 1. The first-order chi connectivity index (χ1) is 22.1. The van der Waals surface area contributed by atoms with Gasteiger partial charge in [0.1, 0.15) is 34.3 Å². The van der Waals surface area contributed by atoms with Gasteiger partial charge in [-0.1, -0.05) is 18.2 Å². The van der Waals surface area contributed by atoms with E-state index in [0.29, 0.717) is 56.8 Å². The Morgan fingerprint density at radius 3 is 2.54 bits per heavy atom. The van der Waals surface area contributed by atoms with Crippen molar-refractivity contribution in [2.75, 3.05) is 25.5 Å². The highest BCUT2D eigenvalue weighted by molar-refractivity contribution is 5.87. The molecule has 5 heterocycles. The van der Waals surface area contributed by atoms with Gasteiger partial charge in [-0.25, -0.2) is 18.6 Å². The van der Waals surface area contributed by atoms with Gasteiger partial charge in [-0.05, 0) is 50.4 Å². The second-order valence-corrected chi connectivity index (χ2v) is 11.7. The fourth-order valence-corrected chi connectivity index (χ4v) is 6.46. The third-order valence-electron chi connectivity index (χ3n) is 9.11. The van der Waals surface area contributed by atoms with Crippen LogP contribution in [0.1, 0.15) is 62.2 Å². The number of alkyl halides is 3. The number of nitrogens with zero attached hydrogens (tertiary/aromatic N) is 5.